The molecular formula is C26H26Br2N2O4. The number of amides is 2. The lowest BCUT2D eigenvalue weighted by molar-refractivity contribution is 0.101. The second-order valence-electron chi connectivity index (χ2n) is 8.07. The van der Waals surface area contributed by atoms with Crippen molar-refractivity contribution in [1.82, 2.24) is 0 Å². The van der Waals surface area contributed by atoms with Crippen molar-refractivity contribution in [2.75, 3.05) is 10.6 Å². The van der Waals surface area contributed by atoms with Crippen molar-refractivity contribution in [2.24, 2.45) is 0 Å². The summed E-state index contributed by atoms with van der Waals surface area (Å²) in [5.74, 6) is 0.235. The predicted molar refractivity (Wildman–Crippen MR) is 142 cm³/mol. The molecule has 3 aromatic carbocycles. The quantitative estimate of drug-likeness (QED) is 0.289. The summed E-state index contributed by atoms with van der Waals surface area (Å²) in [6.45, 7) is 7.59. The standard InChI is InChI=1S/C26H26Br2N2O4/c1-15(2)33-23-11-9-17(27)13-19(23)25(31)29-21-7-5-6-8-22(21)30-26(32)20-14-18(28)10-12-24(20)34-16(3)4/h5-16H,1-4H3,(H,29,31)(H,30,32). The van der Waals surface area contributed by atoms with E-state index in [0.717, 1.165) is 8.95 Å². The molecule has 0 saturated carbocycles. The molecular weight excluding hydrogens is 564 g/mol. The Kier molecular flexibility index (Phi) is 8.74. The van der Waals surface area contributed by atoms with Gasteiger partial charge < -0.3 is 20.1 Å². The van der Waals surface area contributed by atoms with Gasteiger partial charge in [-0.25, -0.2) is 0 Å². The molecule has 34 heavy (non-hydrogen) atoms. The van der Waals surface area contributed by atoms with E-state index < -0.39 is 0 Å². The lowest BCUT2D eigenvalue weighted by Crippen LogP contribution is -2.19. The zero-order valence-electron chi connectivity index (χ0n) is 19.3. The van der Waals surface area contributed by atoms with Gasteiger partial charge in [-0.2, -0.15) is 0 Å². The Bertz CT molecular complexity index is 1100. The lowest BCUT2D eigenvalue weighted by atomic mass is 10.1. The van der Waals surface area contributed by atoms with E-state index in [2.05, 4.69) is 42.5 Å². The monoisotopic (exact) mass is 588 g/mol. The van der Waals surface area contributed by atoms with Crippen LogP contribution in [0.3, 0.4) is 0 Å². The highest BCUT2D eigenvalue weighted by atomic mass is 79.9. The van der Waals surface area contributed by atoms with Crippen molar-refractivity contribution in [3.8, 4) is 11.5 Å². The second-order valence-corrected chi connectivity index (χ2v) is 9.90. The van der Waals surface area contributed by atoms with E-state index in [9.17, 15) is 9.59 Å². The van der Waals surface area contributed by atoms with E-state index in [1.165, 1.54) is 0 Å². The molecule has 0 bridgehead atoms. The fourth-order valence-corrected chi connectivity index (χ4v) is 3.88. The SMILES string of the molecule is CC(C)Oc1ccc(Br)cc1C(=O)Nc1ccccc1NC(=O)c1cc(Br)ccc1OC(C)C. The van der Waals surface area contributed by atoms with Gasteiger partial charge >= 0.3 is 0 Å². The second kappa shape index (κ2) is 11.5. The van der Waals surface area contributed by atoms with E-state index >= 15 is 0 Å². The number of benzene rings is 3. The van der Waals surface area contributed by atoms with Gasteiger partial charge in [0.1, 0.15) is 11.5 Å². The van der Waals surface area contributed by atoms with Crippen LogP contribution >= 0.6 is 31.9 Å². The average molecular weight is 590 g/mol. The van der Waals surface area contributed by atoms with E-state index in [1.807, 2.05) is 39.8 Å². The molecule has 2 N–H and O–H groups in total. The van der Waals surface area contributed by atoms with Crippen molar-refractivity contribution < 1.29 is 19.1 Å². The van der Waals surface area contributed by atoms with Crippen molar-refractivity contribution in [3.63, 3.8) is 0 Å². The van der Waals surface area contributed by atoms with Gasteiger partial charge in [-0.1, -0.05) is 44.0 Å². The Morgan fingerprint density at radius 2 is 1.06 bits per heavy atom. The first-order chi connectivity index (χ1) is 16.1. The third kappa shape index (κ3) is 6.84. The van der Waals surface area contributed by atoms with Gasteiger partial charge in [0.05, 0.1) is 34.7 Å². The maximum Gasteiger partial charge on any atom is 0.259 e. The normalized spacial score (nSPS) is 10.8. The highest BCUT2D eigenvalue weighted by molar-refractivity contribution is 9.10. The molecule has 3 aromatic rings. The molecule has 0 aliphatic heterocycles. The summed E-state index contributed by atoms with van der Waals surface area (Å²) < 4.78 is 13.1. The fourth-order valence-electron chi connectivity index (χ4n) is 3.15. The third-order valence-corrected chi connectivity index (χ3v) is 5.51. The van der Waals surface area contributed by atoms with Crippen LogP contribution in [0.25, 0.3) is 0 Å². The molecule has 178 valence electrons. The van der Waals surface area contributed by atoms with E-state index in [1.54, 1.807) is 48.5 Å². The predicted octanol–water partition coefficient (Wildman–Crippen LogP) is 7.29. The van der Waals surface area contributed by atoms with Crippen LogP contribution in [0.4, 0.5) is 11.4 Å². The molecule has 0 atom stereocenters. The number of carbonyl (C=O) groups is 2. The minimum Gasteiger partial charge on any atom is -0.490 e. The van der Waals surface area contributed by atoms with Crippen LogP contribution in [0.15, 0.2) is 69.6 Å². The number of anilines is 2. The number of rotatable bonds is 8. The molecule has 0 radical (unpaired) electrons. The van der Waals surface area contributed by atoms with Crippen molar-refractivity contribution in [1.29, 1.82) is 0 Å². The Labute approximate surface area is 216 Å². The maximum atomic E-state index is 13.1. The van der Waals surface area contributed by atoms with Crippen LogP contribution in [0, 0.1) is 0 Å². The average Bonchev–Trinajstić information content (AvgIpc) is 2.76. The molecule has 0 unspecified atom stereocenters. The number of hydrogen-bond acceptors (Lipinski definition) is 4. The summed E-state index contributed by atoms with van der Waals surface area (Å²) in [6, 6.07) is 17.5. The van der Waals surface area contributed by atoms with Crippen LogP contribution in [0.2, 0.25) is 0 Å². The van der Waals surface area contributed by atoms with Gasteiger partial charge in [-0.15, -0.1) is 0 Å². The van der Waals surface area contributed by atoms with Crippen LogP contribution in [-0.2, 0) is 0 Å². The molecule has 8 heteroatoms. The summed E-state index contributed by atoms with van der Waals surface area (Å²) >= 11 is 6.82. The summed E-state index contributed by atoms with van der Waals surface area (Å²) in [4.78, 5) is 26.3. The zero-order valence-corrected chi connectivity index (χ0v) is 22.5. The zero-order chi connectivity index (χ0) is 24.8. The molecule has 3 rings (SSSR count). The topological polar surface area (TPSA) is 76.7 Å². The van der Waals surface area contributed by atoms with Crippen LogP contribution < -0.4 is 20.1 Å². The first kappa shape index (κ1) is 25.8. The number of carbonyl (C=O) groups excluding carboxylic acids is 2. The summed E-state index contributed by atoms with van der Waals surface area (Å²) in [5.41, 5.74) is 1.67. The highest BCUT2D eigenvalue weighted by Crippen LogP contribution is 2.29. The van der Waals surface area contributed by atoms with Gasteiger partial charge in [0.2, 0.25) is 0 Å². The molecule has 0 saturated heterocycles. The first-order valence-electron chi connectivity index (χ1n) is 10.8. The van der Waals surface area contributed by atoms with Crippen LogP contribution in [-0.4, -0.2) is 24.0 Å². The molecule has 0 aliphatic rings. The largest absolute Gasteiger partial charge is 0.490 e. The molecule has 0 spiro atoms. The number of ether oxygens (including phenoxy) is 2. The van der Waals surface area contributed by atoms with Gasteiger partial charge in [0, 0.05) is 8.95 Å². The van der Waals surface area contributed by atoms with Crippen molar-refractivity contribution >= 4 is 55.0 Å². The van der Waals surface area contributed by atoms with Crippen LogP contribution in [0.1, 0.15) is 48.4 Å². The minimum absolute atomic E-state index is 0.0910. The van der Waals surface area contributed by atoms with E-state index in [0.29, 0.717) is 34.0 Å². The lowest BCUT2D eigenvalue weighted by Gasteiger charge is -2.17. The summed E-state index contributed by atoms with van der Waals surface area (Å²) in [7, 11) is 0. The Morgan fingerprint density at radius 3 is 1.41 bits per heavy atom. The summed E-state index contributed by atoms with van der Waals surface area (Å²) in [5, 5.41) is 5.78. The number of hydrogen-bond donors (Lipinski definition) is 2. The smallest absolute Gasteiger partial charge is 0.259 e. The van der Waals surface area contributed by atoms with Gasteiger partial charge in [-0.05, 0) is 76.2 Å². The van der Waals surface area contributed by atoms with E-state index in [-0.39, 0.29) is 24.0 Å². The van der Waals surface area contributed by atoms with Crippen LogP contribution in [0.5, 0.6) is 11.5 Å². The number of nitrogens with one attached hydrogen (secondary N) is 2. The number of halogens is 2. The molecule has 0 aromatic heterocycles. The molecule has 0 aliphatic carbocycles. The Morgan fingerprint density at radius 1 is 0.676 bits per heavy atom. The van der Waals surface area contributed by atoms with Gasteiger partial charge in [0.15, 0.2) is 0 Å². The first-order valence-corrected chi connectivity index (χ1v) is 12.4. The summed E-state index contributed by atoms with van der Waals surface area (Å²) in [6.07, 6.45) is -0.182. The maximum absolute atomic E-state index is 13.1. The third-order valence-electron chi connectivity index (χ3n) is 4.52. The van der Waals surface area contributed by atoms with Crippen molar-refractivity contribution in [3.05, 3.63) is 80.7 Å². The Hall–Kier alpha value is -2.84. The van der Waals surface area contributed by atoms with Crippen molar-refractivity contribution in [2.45, 2.75) is 39.9 Å². The van der Waals surface area contributed by atoms with Gasteiger partial charge in [0.25, 0.3) is 11.8 Å². The molecule has 6 nitrogen and oxygen atoms in total. The number of para-hydroxylation sites is 2. The molecule has 0 heterocycles. The van der Waals surface area contributed by atoms with Gasteiger partial charge in [-0.3, -0.25) is 9.59 Å². The highest BCUT2D eigenvalue weighted by Gasteiger charge is 2.19. The molecule has 2 amide bonds. The minimum atomic E-state index is -0.357. The fraction of sp³-hybridized carbons (Fsp3) is 0.231. The Balaban J connectivity index is 1.87. The van der Waals surface area contributed by atoms with E-state index in [4.69, 9.17) is 9.47 Å². The molecule has 0 fully saturated rings.